The van der Waals surface area contributed by atoms with Crippen molar-refractivity contribution in [2.24, 2.45) is 0 Å². The average molecular weight is 306 g/mol. The number of benzene rings is 1. The molecule has 2 heterocycles. The van der Waals surface area contributed by atoms with Crippen LogP contribution < -0.4 is 0 Å². The van der Waals surface area contributed by atoms with Crippen LogP contribution in [0.2, 0.25) is 5.15 Å². The quantitative estimate of drug-likeness (QED) is 0.814. The molecular weight excluding hydrogens is 293 g/mol. The van der Waals surface area contributed by atoms with Crippen molar-refractivity contribution in [1.29, 1.82) is 0 Å². The number of carbonyl (C=O) groups is 1. The van der Waals surface area contributed by atoms with E-state index in [1.54, 1.807) is 17.0 Å². The van der Waals surface area contributed by atoms with Crippen LogP contribution in [0.15, 0.2) is 24.3 Å². The summed E-state index contributed by atoms with van der Waals surface area (Å²) in [5.74, 6) is -0.818. The van der Waals surface area contributed by atoms with E-state index < -0.39 is 5.82 Å². The number of rotatable bonds is 1. The van der Waals surface area contributed by atoms with Crippen molar-refractivity contribution in [2.75, 3.05) is 6.54 Å². The van der Waals surface area contributed by atoms with Gasteiger partial charge in [-0.3, -0.25) is 4.79 Å². The molecule has 0 bridgehead atoms. The summed E-state index contributed by atoms with van der Waals surface area (Å²) in [7, 11) is 0. The largest absolute Gasteiger partial charge is 0.334 e. The van der Waals surface area contributed by atoms with Gasteiger partial charge in [0.2, 0.25) is 0 Å². The van der Waals surface area contributed by atoms with Gasteiger partial charge in [0.25, 0.3) is 5.91 Å². The van der Waals surface area contributed by atoms with Crippen LogP contribution >= 0.6 is 11.6 Å². The summed E-state index contributed by atoms with van der Waals surface area (Å²) in [5, 5.41) is 8.30. The van der Waals surface area contributed by atoms with E-state index in [-0.39, 0.29) is 11.5 Å². The highest BCUT2D eigenvalue weighted by Gasteiger charge is 2.26. The highest BCUT2D eigenvalue weighted by Crippen LogP contribution is 2.25. The molecule has 1 aromatic carbocycles. The molecule has 0 N–H and O–H groups in total. The molecule has 0 spiro atoms. The zero-order chi connectivity index (χ0) is 15.0. The molecule has 2 aromatic rings. The second kappa shape index (κ2) is 5.41. The Balaban J connectivity index is 1.91. The SMILES string of the molecule is Cc1c(Cl)nnc2c1CN(C(=O)c1ccccc1F)CC2. The van der Waals surface area contributed by atoms with E-state index in [1.165, 1.54) is 12.1 Å². The van der Waals surface area contributed by atoms with Gasteiger partial charge in [-0.05, 0) is 24.6 Å². The summed E-state index contributed by atoms with van der Waals surface area (Å²) in [6, 6.07) is 6.01. The standard InChI is InChI=1S/C15H13ClFN3O/c1-9-11-8-20(7-6-13(11)18-19-14(9)16)15(21)10-4-2-3-5-12(10)17/h2-5H,6-8H2,1H3. The second-order valence-corrected chi connectivity index (χ2v) is 5.36. The molecule has 1 aliphatic rings. The van der Waals surface area contributed by atoms with Crippen LogP contribution in [-0.4, -0.2) is 27.5 Å². The maximum Gasteiger partial charge on any atom is 0.257 e. The molecule has 1 aliphatic heterocycles. The Labute approximate surface area is 126 Å². The van der Waals surface area contributed by atoms with Gasteiger partial charge in [-0.1, -0.05) is 23.7 Å². The Morgan fingerprint density at radius 1 is 1.33 bits per heavy atom. The highest BCUT2D eigenvalue weighted by atomic mass is 35.5. The summed E-state index contributed by atoms with van der Waals surface area (Å²) in [5.41, 5.74) is 2.68. The first kappa shape index (κ1) is 13.9. The molecule has 0 saturated heterocycles. The number of fused-ring (bicyclic) bond motifs is 1. The molecule has 108 valence electrons. The lowest BCUT2D eigenvalue weighted by molar-refractivity contribution is 0.0728. The van der Waals surface area contributed by atoms with Crippen molar-refractivity contribution in [1.82, 2.24) is 15.1 Å². The Kier molecular flexibility index (Phi) is 3.59. The first-order valence-corrected chi connectivity index (χ1v) is 7.00. The summed E-state index contributed by atoms with van der Waals surface area (Å²) in [6.07, 6.45) is 0.598. The van der Waals surface area contributed by atoms with Gasteiger partial charge in [0.1, 0.15) is 5.82 Å². The smallest absolute Gasteiger partial charge is 0.257 e. The second-order valence-electron chi connectivity index (χ2n) is 5.00. The fraction of sp³-hybridized carbons (Fsp3) is 0.267. The monoisotopic (exact) mass is 305 g/mol. The van der Waals surface area contributed by atoms with Gasteiger partial charge >= 0.3 is 0 Å². The number of hydrogen-bond donors (Lipinski definition) is 0. The molecule has 0 aliphatic carbocycles. The summed E-state index contributed by atoms with van der Waals surface area (Å²) < 4.78 is 13.7. The molecular formula is C15H13ClFN3O. The van der Waals surface area contributed by atoms with Crippen molar-refractivity contribution in [3.05, 3.63) is 57.6 Å². The van der Waals surface area contributed by atoms with Crippen molar-refractivity contribution < 1.29 is 9.18 Å². The molecule has 3 rings (SSSR count). The Morgan fingerprint density at radius 2 is 2.10 bits per heavy atom. The molecule has 0 fully saturated rings. The third-order valence-corrected chi connectivity index (χ3v) is 4.09. The van der Waals surface area contributed by atoms with Gasteiger partial charge in [-0.25, -0.2) is 4.39 Å². The molecule has 21 heavy (non-hydrogen) atoms. The first-order chi connectivity index (χ1) is 10.1. The number of nitrogens with zero attached hydrogens (tertiary/aromatic N) is 3. The highest BCUT2D eigenvalue weighted by molar-refractivity contribution is 6.30. The van der Waals surface area contributed by atoms with Crippen molar-refractivity contribution >= 4 is 17.5 Å². The van der Waals surface area contributed by atoms with Gasteiger partial charge < -0.3 is 4.90 Å². The predicted octanol–water partition coefficient (Wildman–Crippen LogP) is 2.78. The van der Waals surface area contributed by atoms with Crippen LogP contribution in [0.25, 0.3) is 0 Å². The Hall–Kier alpha value is -2.01. The van der Waals surface area contributed by atoms with Gasteiger partial charge in [-0.15, -0.1) is 5.10 Å². The van der Waals surface area contributed by atoms with Gasteiger partial charge in [0, 0.05) is 25.1 Å². The zero-order valence-electron chi connectivity index (χ0n) is 11.4. The Bertz CT molecular complexity index is 720. The third kappa shape index (κ3) is 2.49. The van der Waals surface area contributed by atoms with E-state index in [1.807, 2.05) is 6.92 Å². The molecule has 0 radical (unpaired) electrons. The van der Waals surface area contributed by atoms with Crippen LogP contribution in [0.4, 0.5) is 4.39 Å². The maximum atomic E-state index is 13.7. The molecule has 1 aromatic heterocycles. The molecule has 1 amide bonds. The normalized spacial score (nSPS) is 14.0. The average Bonchev–Trinajstić information content (AvgIpc) is 2.50. The minimum absolute atomic E-state index is 0.0896. The predicted molar refractivity (Wildman–Crippen MR) is 76.6 cm³/mol. The van der Waals surface area contributed by atoms with Gasteiger partial charge in [0.05, 0.1) is 11.3 Å². The van der Waals surface area contributed by atoms with E-state index in [2.05, 4.69) is 10.2 Å². The lowest BCUT2D eigenvalue weighted by atomic mass is 10.0. The van der Waals surface area contributed by atoms with Crippen molar-refractivity contribution in [2.45, 2.75) is 19.9 Å². The topological polar surface area (TPSA) is 46.1 Å². The zero-order valence-corrected chi connectivity index (χ0v) is 12.2. The lowest BCUT2D eigenvalue weighted by Crippen LogP contribution is -2.37. The number of aromatic nitrogens is 2. The van der Waals surface area contributed by atoms with Crippen LogP contribution in [-0.2, 0) is 13.0 Å². The maximum absolute atomic E-state index is 13.7. The van der Waals surface area contributed by atoms with Crippen molar-refractivity contribution in [3.63, 3.8) is 0 Å². The molecule has 0 saturated carbocycles. The van der Waals surface area contributed by atoms with E-state index in [4.69, 9.17) is 11.6 Å². The van der Waals surface area contributed by atoms with Crippen molar-refractivity contribution in [3.8, 4) is 0 Å². The van der Waals surface area contributed by atoms with Crippen LogP contribution in [0, 0.1) is 12.7 Å². The summed E-state index contributed by atoms with van der Waals surface area (Å²) >= 11 is 5.98. The van der Waals surface area contributed by atoms with Gasteiger partial charge in [0.15, 0.2) is 5.15 Å². The fourth-order valence-electron chi connectivity index (χ4n) is 2.48. The minimum Gasteiger partial charge on any atom is -0.334 e. The van der Waals surface area contributed by atoms with Gasteiger partial charge in [-0.2, -0.15) is 5.10 Å². The molecule has 0 atom stereocenters. The lowest BCUT2D eigenvalue weighted by Gasteiger charge is -2.29. The summed E-state index contributed by atoms with van der Waals surface area (Å²) in [6.45, 7) is 2.73. The minimum atomic E-state index is -0.504. The van der Waals surface area contributed by atoms with E-state index >= 15 is 0 Å². The number of carbonyl (C=O) groups excluding carboxylic acids is 1. The Morgan fingerprint density at radius 3 is 2.86 bits per heavy atom. The summed E-state index contributed by atoms with van der Waals surface area (Å²) in [4.78, 5) is 14.1. The van der Waals surface area contributed by atoms with E-state index in [0.29, 0.717) is 24.7 Å². The van der Waals surface area contributed by atoms with Crippen LogP contribution in [0.3, 0.4) is 0 Å². The first-order valence-electron chi connectivity index (χ1n) is 6.62. The fourth-order valence-corrected chi connectivity index (χ4v) is 2.63. The number of amides is 1. The van der Waals surface area contributed by atoms with E-state index in [9.17, 15) is 9.18 Å². The number of halogens is 2. The van der Waals surface area contributed by atoms with Crippen LogP contribution in [0.1, 0.15) is 27.2 Å². The number of hydrogen-bond acceptors (Lipinski definition) is 3. The van der Waals surface area contributed by atoms with Crippen LogP contribution in [0.5, 0.6) is 0 Å². The van der Waals surface area contributed by atoms with E-state index in [0.717, 1.165) is 16.8 Å². The third-order valence-electron chi connectivity index (χ3n) is 3.73. The molecule has 0 unspecified atom stereocenters. The molecule has 4 nitrogen and oxygen atoms in total. The molecule has 6 heteroatoms.